The van der Waals surface area contributed by atoms with Gasteiger partial charge in [-0.05, 0) is 63.7 Å². The summed E-state index contributed by atoms with van der Waals surface area (Å²) in [7, 11) is 1.68. The summed E-state index contributed by atoms with van der Waals surface area (Å²) in [4.78, 5) is 22.0. The highest BCUT2D eigenvalue weighted by molar-refractivity contribution is 5.86. The molecule has 2 saturated heterocycles. The van der Waals surface area contributed by atoms with Crippen molar-refractivity contribution in [2.75, 3.05) is 51.3 Å². The fourth-order valence-corrected chi connectivity index (χ4v) is 4.18. The third kappa shape index (κ3) is 5.72. The number of rotatable bonds is 6. The van der Waals surface area contributed by atoms with Crippen LogP contribution in [0.1, 0.15) is 32.6 Å². The van der Waals surface area contributed by atoms with Crippen LogP contribution in [0.2, 0.25) is 0 Å². The number of ether oxygens (including phenoxy) is 1. The second kappa shape index (κ2) is 11.8. The monoisotopic (exact) mass is 432 g/mol. The molecule has 0 aromatic carbocycles. The molecule has 1 aromatic heterocycles. The zero-order valence-electron chi connectivity index (χ0n) is 16.9. The maximum atomic E-state index is 13.2. The van der Waals surface area contributed by atoms with Gasteiger partial charge in [0, 0.05) is 39.5 Å². The molecule has 0 unspecified atom stereocenters. The Bertz CT molecular complexity index is 577. The van der Waals surface area contributed by atoms with E-state index >= 15 is 0 Å². The van der Waals surface area contributed by atoms with Gasteiger partial charge in [0.2, 0.25) is 0 Å². The van der Waals surface area contributed by atoms with E-state index in [1.165, 1.54) is 0 Å². The number of carbonyl (C=O) groups is 1. The summed E-state index contributed by atoms with van der Waals surface area (Å²) in [6, 6.07) is 6.06. The lowest BCUT2D eigenvalue weighted by atomic mass is 9.89. The Balaban J connectivity index is 0.00000196. The van der Waals surface area contributed by atoms with E-state index < -0.39 is 5.60 Å². The maximum absolute atomic E-state index is 13.2. The van der Waals surface area contributed by atoms with Gasteiger partial charge in [-0.25, -0.2) is 4.98 Å². The average Bonchev–Trinajstić information content (AvgIpc) is 2.73. The van der Waals surface area contributed by atoms with E-state index in [2.05, 4.69) is 28.2 Å². The molecule has 0 saturated carbocycles. The fraction of sp³-hybridized carbons (Fsp3) is 0.700. The Kier molecular flexibility index (Phi) is 10.5. The summed E-state index contributed by atoms with van der Waals surface area (Å²) in [6.07, 6.45) is 5.57. The number of nitrogens with zero attached hydrogens (tertiary/aromatic N) is 3. The number of hydrogen-bond donors (Lipinski definition) is 1. The molecule has 1 amide bonds. The van der Waals surface area contributed by atoms with Crippen LogP contribution in [0.3, 0.4) is 0 Å². The number of likely N-dealkylation sites (N-methyl/N-ethyl adjacent to an activating group) is 1. The zero-order valence-corrected chi connectivity index (χ0v) is 18.6. The van der Waals surface area contributed by atoms with E-state index in [0.29, 0.717) is 5.92 Å². The minimum atomic E-state index is -0.629. The van der Waals surface area contributed by atoms with Gasteiger partial charge in [0.05, 0.1) is 0 Å². The molecule has 1 N–H and O–H groups in total. The number of methoxy groups -OCH3 is 1. The Morgan fingerprint density at radius 1 is 1.29 bits per heavy atom. The number of hydrogen-bond acceptors (Lipinski definition) is 5. The second-order valence-corrected chi connectivity index (χ2v) is 7.41. The first-order valence-electron chi connectivity index (χ1n) is 9.90. The smallest absolute Gasteiger partial charge is 0.254 e. The van der Waals surface area contributed by atoms with Crippen molar-refractivity contribution in [1.29, 1.82) is 0 Å². The molecule has 0 radical (unpaired) electrons. The third-order valence-electron chi connectivity index (χ3n) is 5.93. The van der Waals surface area contributed by atoms with Crippen LogP contribution in [0.5, 0.6) is 0 Å². The summed E-state index contributed by atoms with van der Waals surface area (Å²) in [5, 5.41) is 3.33. The minimum Gasteiger partial charge on any atom is -0.368 e. The van der Waals surface area contributed by atoms with E-state index in [-0.39, 0.29) is 30.7 Å². The van der Waals surface area contributed by atoms with Crippen molar-refractivity contribution in [1.82, 2.24) is 15.2 Å². The van der Waals surface area contributed by atoms with E-state index in [4.69, 9.17) is 4.74 Å². The zero-order chi connectivity index (χ0) is 18.4. The van der Waals surface area contributed by atoms with Crippen LogP contribution in [0.15, 0.2) is 24.4 Å². The number of amides is 1. The number of carbonyl (C=O) groups excluding carboxylic acids is 1. The van der Waals surface area contributed by atoms with Gasteiger partial charge in [-0.15, -0.1) is 24.8 Å². The summed E-state index contributed by atoms with van der Waals surface area (Å²) in [5.41, 5.74) is -0.629. The average molecular weight is 433 g/mol. The number of anilines is 1. The Morgan fingerprint density at radius 2 is 1.96 bits per heavy atom. The van der Waals surface area contributed by atoms with Gasteiger partial charge in [-0.2, -0.15) is 0 Å². The van der Waals surface area contributed by atoms with E-state index in [0.717, 1.165) is 70.8 Å². The van der Waals surface area contributed by atoms with Gasteiger partial charge in [0.15, 0.2) is 0 Å². The first-order chi connectivity index (χ1) is 12.7. The molecule has 0 spiro atoms. The molecule has 2 aliphatic heterocycles. The topological polar surface area (TPSA) is 57.7 Å². The number of halogens is 2. The highest BCUT2D eigenvalue weighted by Gasteiger charge is 2.42. The summed E-state index contributed by atoms with van der Waals surface area (Å²) < 4.78 is 5.74. The van der Waals surface area contributed by atoms with E-state index in [9.17, 15) is 4.79 Å². The van der Waals surface area contributed by atoms with Crippen molar-refractivity contribution < 1.29 is 9.53 Å². The predicted octanol–water partition coefficient (Wildman–Crippen LogP) is 2.76. The highest BCUT2D eigenvalue weighted by atomic mass is 35.5. The minimum absolute atomic E-state index is 0. The van der Waals surface area contributed by atoms with Gasteiger partial charge in [0.1, 0.15) is 11.4 Å². The number of aromatic nitrogens is 1. The Labute approximate surface area is 181 Å². The standard InChI is InChI=1S/C20H32N4O2.2ClH/c1-3-23(19(25)20(26-2)9-12-21-13-10-20)16-17-7-14-24(15-8-17)18-6-4-5-11-22-18;;/h4-6,11,17,21H,3,7-10,12-16H2,1-2H3;2*1H. The van der Waals surface area contributed by atoms with Crippen molar-refractivity contribution in [3.05, 3.63) is 24.4 Å². The van der Waals surface area contributed by atoms with Crippen LogP contribution in [0.25, 0.3) is 0 Å². The van der Waals surface area contributed by atoms with Crippen LogP contribution >= 0.6 is 24.8 Å². The first kappa shape index (κ1) is 25.0. The molecular weight excluding hydrogens is 399 g/mol. The molecule has 8 heteroatoms. The van der Waals surface area contributed by atoms with E-state index in [1.54, 1.807) is 7.11 Å². The molecule has 1 aromatic rings. The Morgan fingerprint density at radius 3 is 2.50 bits per heavy atom. The largest absolute Gasteiger partial charge is 0.368 e. The lowest BCUT2D eigenvalue weighted by Crippen LogP contribution is -2.56. The van der Waals surface area contributed by atoms with Crippen LogP contribution in [-0.4, -0.2) is 67.8 Å². The predicted molar refractivity (Wildman–Crippen MR) is 118 cm³/mol. The molecule has 0 bridgehead atoms. The van der Waals surface area contributed by atoms with Crippen LogP contribution in [0.4, 0.5) is 5.82 Å². The molecule has 3 heterocycles. The number of pyridine rings is 1. The molecule has 2 fully saturated rings. The first-order valence-corrected chi connectivity index (χ1v) is 9.90. The van der Waals surface area contributed by atoms with Crippen molar-refractivity contribution in [2.24, 2.45) is 5.92 Å². The van der Waals surface area contributed by atoms with Gasteiger partial charge < -0.3 is 19.9 Å². The van der Waals surface area contributed by atoms with E-state index in [1.807, 2.05) is 23.2 Å². The quantitative estimate of drug-likeness (QED) is 0.748. The highest BCUT2D eigenvalue weighted by Crippen LogP contribution is 2.27. The van der Waals surface area contributed by atoms with Crippen molar-refractivity contribution in [3.8, 4) is 0 Å². The summed E-state index contributed by atoms with van der Waals surface area (Å²) >= 11 is 0. The van der Waals surface area contributed by atoms with Gasteiger partial charge in [-0.1, -0.05) is 6.07 Å². The summed E-state index contributed by atoms with van der Waals surface area (Å²) in [5.74, 6) is 1.79. The van der Waals surface area contributed by atoms with Crippen molar-refractivity contribution >= 4 is 36.5 Å². The molecule has 2 aliphatic rings. The third-order valence-corrected chi connectivity index (χ3v) is 5.93. The van der Waals surface area contributed by atoms with Crippen LogP contribution in [0, 0.1) is 5.92 Å². The molecule has 28 heavy (non-hydrogen) atoms. The van der Waals surface area contributed by atoms with Gasteiger partial charge >= 0.3 is 0 Å². The van der Waals surface area contributed by atoms with Crippen LogP contribution in [-0.2, 0) is 9.53 Å². The van der Waals surface area contributed by atoms with Crippen molar-refractivity contribution in [3.63, 3.8) is 0 Å². The lowest BCUT2D eigenvalue weighted by molar-refractivity contribution is -0.158. The van der Waals surface area contributed by atoms with Gasteiger partial charge in [-0.3, -0.25) is 4.79 Å². The Hall–Kier alpha value is -1.08. The number of nitrogens with one attached hydrogen (secondary N) is 1. The second-order valence-electron chi connectivity index (χ2n) is 7.41. The molecular formula is C20H34Cl2N4O2. The molecule has 0 aliphatic carbocycles. The maximum Gasteiger partial charge on any atom is 0.254 e. The molecule has 160 valence electrons. The fourth-order valence-electron chi connectivity index (χ4n) is 4.18. The lowest BCUT2D eigenvalue weighted by Gasteiger charge is -2.41. The molecule has 3 rings (SSSR count). The van der Waals surface area contributed by atoms with Crippen molar-refractivity contribution in [2.45, 2.75) is 38.2 Å². The van der Waals surface area contributed by atoms with Crippen LogP contribution < -0.4 is 10.2 Å². The summed E-state index contributed by atoms with van der Waals surface area (Å²) in [6.45, 7) is 7.37. The number of piperidine rings is 2. The van der Waals surface area contributed by atoms with Gasteiger partial charge in [0.25, 0.3) is 5.91 Å². The molecule has 6 nitrogen and oxygen atoms in total. The SMILES string of the molecule is CCN(CC1CCN(c2ccccn2)CC1)C(=O)C1(OC)CCNCC1.Cl.Cl. The molecule has 0 atom stereocenters. The normalized spacial score (nSPS) is 19.3.